The molecule has 39 heavy (non-hydrogen) atoms. The number of piperazine rings is 1. The van der Waals surface area contributed by atoms with E-state index in [2.05, 4.69) is 27.1 Å². The fourth-order valence-corrected chi connectivity index (χ4v) is 7.13. The van der Waals surface area contributed by atoms with Crippen LogP contribution >= 0.6 is 11.6 Å². The second-order valence-electron chi connectivity index (χ2n) is 11.5. The van der Waals surface area contributed by atoms with Crippen molar-refractivity contribution in [1.29, 1.82) is 0 Å². The molecule has 2 N–H and O–H groups in total. The van der Waals surface area contributed by atoms with Crippen molar-refractivity contribution in [2.75, 3.05) is 49.6 Å². The Hall–Kier alpha value is -2.88. The SMILES string of the molecule is CN1CCC[C@H]1COc1nc2c(c(N3CC4CCC(C3)N4)n1)CCN(c1cc(O)cc3ccc(F)c(Cl)c13)C2. The number of hydrogen-bond acceptors (Lipinski definition) is 8. The fourth-order valence-electron chi connectivity index (χ4n) is 6.86. The first-order valence-electron chi connectivity index (χ1n) is 14.0. The number of likely N-dealkylation sites (N-methyl/N-ethyl adjacent to an activating group) is 1. The number of halogens is 2. The molecule has 0 spiro atoms. The monoisotopic (exact) mass is 552 g/mol. The van der Waals surface area contributed by atoms with Crippen LogP contribution in [0.3, 0.4) is 0 Å². The number of fused-ring (bicyclic) bond motifs is 4. The van der Waals surface area contributed by atoms with Crippen molar-refractivity contribution in [2.24, 2.45) is 0 Å². The number of phenols is 1. The Bertz CT molecular complexity index is 1410. The van der Waals surface area contributed by atoms with Crippen LogP contribution < -0.4 is 19.9 Å². The molecule has 0 aliphatic carbocycles. The van der Waals surface area contributed by atoms with Gasteiger partial charge in [-0.2, -0.15) is 9.97 Å². The van der Waals surface area contributed by atoms with E-state index in [1.807, 2.05) is 0 Å². The summed E-state index contributed by atoms with van der Waals surface area (Å²) >= 11 is 6.46. The molecule has 0 amide bonds. The lowest BCUT2D eigenvalue weighted by atomic mass is 10.0. The van der Waals surface area contributed by atoms with Crippen molar-refractivity contribution in [3.05, 3.63) is 46.4 Å². The molecule has 4 aliphatic rings. The van der Waals surface area contributed by atoms with Crippen molar-refractivity contribution in [1.82, 2.24) is 20.2 Å². The van der Waals surface area contributed by atoms with Crippen LogP contribution in [0.15, 0.2) is 24.3 Å². The van der Waals surface area contributed by atoms with Gasteiger partial charge in [0.1, 0.15) is 24.0 Å². The van der Waals surface area contributed by atoms with E-state index in [0.29, 0.717) is 60.3 Å². The maximum absolute atomic E-state index is 14.5. The van der Waals surface area contributed by atoms with Gasteiger partial charge in [0.2, 0.25) is 0 Å². The Morgan fingerprint density at radius 3 is 2.69 bits per heavy atom. The van der Waals surface area contributed by atoms with E-state index < -0.39 is 5.82 Å². The van der Waals surface area contributed by atoms with Crippen molar-refractivity contribution in [3.8, 4) is 11.8 Å². The van der Waals surface area contributed by atoms with Gasteiger partial charge in [-0.1, -0.05) is 17.7 Å². The zero-order chi connectivity index (χ0) is 26.7. The Labute approximate surface area is 232 Å². The summed E-state index contributed by atoms with van der Waals surface area (Å²) in [5.41, 5.74) is 2.77. The molecule has 2 aromatic carbocycles. The summed E-state index contributed by atoms with van der Waals surface area (Å²) in [5.74, 6) is 0.632. The Morgan fingerprint density at radius 1 is 1.10 bits per heavy atom. The van der Waals surface area contributed by atoms with Crippen LogP contribution in [0.2, 0.25) is 5.02 Å². The number of rotatable bonds is 5. The second kappa shape index (κ2) is 9.94. The first-order chi connectivity index (χ1) is 18.9. The highest BCUT2D eigenvalue weighted by Crippen LogP contribution is 2.40. The lowest BCUT2D eigenvalue weighted by Gasteiger charge is -2.37. The molecule has 206 valence electrons. The maximum Gasteiger partial charge on any atom is 0.318 e. The van der Waals surface area contributed by atoms with Gasteiger partial charge in [-0.3, -0.25) is 0 Å². The first-order valence-corrected chi connectivity index (χ1v) is 14.4. The van der Waals surface area contributed by atoms with Crippen LogP contribution in [0, 0.1) is 5.82 Å². The Kier molecular flexibility index (Phi) is 6.40. The highest BCUT2D eigenvalue weighted by Gasteiger charge is 2.35. The molecule has 0 saturated carbocycles. The van der Waals surface area contributed by atoms with Crippen molar-refractivity contribution in [3.63, 3.8) is 0 Å². The molecule has 10 heteroatoms. The van der Waals surface area contributed by atoms with E-state index in [1.165, 1.54) is 25.3 Å². The zero-order valence-electron chi connectivity index (χ0n) is 22.2. The molecule has 4 aliphatic heterocycles. The topological polar surface area (TPSA) is 77.0 Å². The number of anilines is 2. The highest BCUT2D eigenvalue weighted by atomic mass is 35.5. The first kappa shape index (κ1) is 25.1. The number of aromatic nitrogens is 2. The van der Waals surface area contributed by atoms with Gasteiger partial charge in [-0.05, 0) is 63.2 Å². The summed E-state index contributed by atoms with van der Waals surface area (Å²) in [5, 5.41) is 15.6. The summed E-state index contributed by atoms with van der Waals surface area (Å²) in [4.78, 5) is 16.8. The Balaban J connectivity index is 1.25. The van der Waals surface area contributed by atoms with Gasteiger partial charge in [0, 0.05) is 54.8 Å². The minimum Gasteiger partial charge on any atom is -0.508 e. The summed E-state index contributed by atoms with van der Waals surface area (Å²) in [6, 6.07) is 8.04. The molecule has 2 bridgehead atoms. The van der Waals surface area contributed by atoms with Crippen LogP contribution in [0.5, 0.6) is 11.8 Å². The largest absolute Gasteiger partial charge is 0.508 e. The van der Waals surface area contributed by atoms with Gasteiger partial charge < -0.3 is 29.9 Å². The number of ether oxygens (including phenoxy) is 1. The van der Waals surface area contributed by atoms with E-state index in [9.17, 15) is 9.50 Å². The molecule has 3 fully saturated rings. The number of hydrogen-bond donors (Lipinski definition) is 2. The van der Waals surface area contributed by atoms with Crippen LogP contribution in [-0.2, 0) is 13.0 Å². The summed E-state index contributed by atoms with van der Waals surface area (Å²) in [6.45, 7) is 4.69. The van der Waals surface area contributed by atoms with E-state index in [0.717, 1.165) is 49.6 Å². The average molecular weight is 553 g/mol. The number of benzene rings is 2. The van der Waals surface area contributed by atoms with E-state index in [1.54, 1.807) is 18.2 Å². The molecule has 7 rings (SSSR count). The van der Waals surface area contributed by atoms with Crippen molar-refractivity contribution in [2.45, 2.75) is 56.8 Å². The van der Waals surface area contributed by atoms with Gasteiger partial charge in [0.25, 0.3) is 0 Å². The molecule has 3 aromatic rings. The molecule has 1 aromatic heterocycles. The number of nitrogens with zero attached hydrogens (tertiary/aromatic N) is 5. The summed E-state index contributed by atoms with van der Waals surface area (Å²) < 4.78 is 20.7. The number of likely N-dealkylation sites (tertiary alicyclic amines) is 1. The van der Waals surface area contributed by atoms with Gasteiger partial charge in [-0.25, -0.2) is 4.39 Å². The molecule has 3 atom stereocenters. The zero-order valence-corrected chi connectivity index (χ0v) is 22.9. The van der Waals surface area contributed by atoms with Crippen LogP contribution in [0.4, 0.5) is 15.9 Å². The lowest BCUT2D eigenvalue weighted by Crippen LogP contribution is -2.52. The minimum absolute atomic E-state index is 0.0673. The highest BCUT2D eigenvalue weighted by molar-refractivity contribution is 6.36. The smallest absolute Gasteiger partial charge is 0.318 e. The lowest BCUT2D eigenvalue weighted by molar-refractivity contribution is 0.187. The van der Waals surface area contributed by atoms with Gasteiger partial charge in [0.15, 0.2) is 0 Å². The Morgan fingerprint density at radius 2 is 1.92 bits per heavy atom. The van der Waals surface area contributed by atoms with Crippen LogP contribution in [0.1, 0.15) is 36.9 Å². The van der Waals surface area contributed by atoms with Gasteiger partial charge in [0.05, 0.1) is 22.9 Å². The third kappa shape index (κ3) is 4.64. The maximum atomic E-state index is 14.5. The van der Waals surface area contributed by atoms with E-state index >= 15 is 0 Å². The standard InChI is InChI=1S/C29H34ClFN6O2/c1-35-9-2-3-20(35)16-39-29-33-24-15-36(25-12-21(38)11-17-4-7-23(31)27(30)26(17)25)10-8-22(24)28(34-29)37-13-18-5-6-19(14-37)32-18/h4,7,11-12,18-20,32,38H,2-3,5-6,8-10,13-16H2,1H3/t18?,19?,20-/m0/s1. The van der Waals surface area contributed by atoms with Crippen molar-refractivity contribution >= 4 is 33.9 Å². The number of aromatic hydroxyl groups is 1. The molecular weight excluding hydrogens is 519 g/mol. The predicted molar refractivity (Wildman–Crippen MR) is 151 cm³/mol. The molecule has 2 unspecified atom stereocenters. The van der Waals surface area contributed by atoms with E-state index in [-0.39, 0.29) is 10.8 Å². The molecule has 5 heterocycles. The number of nitrogens with one attached hydrogen (secondary N) is 1. The third-order valence-corrected chi connectivity index (χ3v) is 9.30. The molecule has 8 nitrogen and oxygen atoms in total. The second-order valence-corrected chi connectivity index (χ2v) is 11.9. The molecule has 0 radical (unpaired) electrons. The third-order valence-electron chi connectivity index (χ3n) is 8.93. The van der Waals surface area contributed by atoms with E-state index in [4.69, 9.17) is 26.3 Å². The van der Waals surface area contributed by atoms with Crippen LogP contribution in [0.25, 0.3) is 10.8 Å². The van der Waals surface area contributed by atoms with Crippen LogP contribution in [-0.4, -0.2) is 77.9 Å². The quantitative estimate of drug-likeness (QED) is 0.490. The normalized spacial score (nSPS) is 24.9. The predicted octanol–water partition coefficient (Wildman–Crippen LogP) is 4.10. The molecule has 3 saturated heterocycles. The molecular formula is C29H34ClFN6O2. The summed E-state index contributed by atoms with van der Waals surface area (Å²) in [7, 11) is 2.14. The number of phenolic OH excluding ortho intramolecular Hbond substituents is 1. The fraction of sp³-hybridized carbons (Fsp3) is 0.517. The van der Waals surface area contributed by atoms with Crippen molar-refractivity contribution < 1.29 is 14.2 Å². The van der Waals surface area contributed by atoms with Gasteiger partial charge in [-0.15, -0.1) is 0 Å². The summed E-state index contributed by atoms with van der Waals surface area (Å²) in [6.07, 6.45) is 5.42. The minimum atomic E-state index is -0.473. The van der Waals surface area contributed by atoms with Gasteiger partial charge >= 0.3 is 6.01 Å². The average Bonchev–Trinajstić information content (AvgIpc) is 3.51.